The topological polar surface area (TPSA) is 64.1 Å². The first kappa shape index (κ1) is 13.8. The standard InChI is InChI=1S/C12H9BrClN3O2/c1-19-12(18)10-5-15-6-11(17-10)16-9-4-7(14)2-3-8(9)13/h2-6H,1H3,(H,16,17). The van der Waals surface area contributed by atoms with E-state index in [2.05, 4.69) is 36.0 Å². The van der Waals surface area contributed by atoms with E-state index in [4.69, 9.17) is 11.6 Å². The highest BCUT2D eigenvalue weighted by Crippen LogP contribution is 2.28. The summed E-state index contributed by atoms with van der Waals surface area (Å²) in [7, 11) is 1.29. The number of carbonyl (C=O) groups is 1. The largest absolute Gasteiger partial charge is 0.464 e. The molecule has 98 valence electrons. The smallest absolute Gasteiger partial charge is 0.358 e. The van der Waals surface area contributed by atoms with E-state index in [1.807, 2.05) is 6.07 Å². The molecule has 0 aliphatic rings. The lowest BCUT2D eigenvalue weighted by molar-refractivity contribution is 0.0593. The molecule has 0 aliphatic carbocycles. The molecule has 1 N–H and O–H groups in total. The van der Waals surface area contributed by atoms with Crippen molar-refractivity contribution in [1.82, 2.24) is 9.97 Å². The molecule has 2 rings (SSSR count). The molecule has 7 heteroatoms. The number of methoxy groups -OCH3 is 1. The van der Waals surface area contributed by atoms with Gasteiger partial charge in [0.15, 0.2) is 5.69 Å². The van der Waals surface area contributed by atoms with E-state index in [-0.39, 0.29) is 5.69 Å². The highest BCUT2D eigenvalue weighted by Gasteiger charge is 2.09. The van der Waals surface area contributed by atoms with Crippen LogP contribution in [-0.4, -0.2) is 23.0 Å². The summed E-state index contributed by atoms with van der Waals surface area (Å²) >= 11 is 9.30. The van der Waals surface area contributed by atoms with Crippen LogP contribution in [0, 0.1) is 0 Å². The number of nitrogens with zero attached hydrogens (tertiary/aromatic N) is 2. The van der Waals surface area contributed by atoms with Crippen molar-refractivity contribution in [3.8, 4) is 0 Å². The van der Waals surface area contributed by atoms with Crippen molar-refractivity contribution < 1.29 is 9.53 Å². The Bertz CT molecular complexity index is 622. The summed E-state index contributed by atoms with van der Waals surface area (Å²) in [5.41, 5.74) is 0.856. The predicted molar refractivity (Wildman–Crippen MR) is 75.8 cm³/mol. The van der Waals surface area contributed by atoms with Crippen molar-refractivity contribution >= 4 is 45.0 Å². The summed E-state index contributed by atoms with van der Waals surface area (Å²) < 4.78 is 5.41. The van der Waals surface area contributed by atoms with Gasteiger partial charge in [0, 0.05) is 9.50 Å². The molecule has 5 nitrogen and oxygen atoms in total. The number of benzene rings is 1. The van der Waals surface area contributed by atoms with Crippen LogP contribution >= 0.6 is 27.5 Å². The summed E-state index contributed by atoms with van der Waals surface area (Å²) in [6.07, 6.45) is 2.84. The van der Waals surface area contributed by atoms with Crippen molar-refractivity contribution in [2.75, 3.05) is 12.4 Å². The fraction of sp³-hybridized carbons (Fsp3) is 0.0833. The van der Waals surface area contributed by atoms with Crippen LogP contribution in [0.4, 0.5) is 11.5 Å². The third kappa shape index (κ3) is 3.42. The third-order valence-corrected chi connectivity index (χ3v) is 3.15. The van der Waals surface area contributed by atoms with Gasteiger partial charge in [0.05, 0.1) is 25.2 Å². The van der Waals surface area contributed by atoms with Gasteiger partial charge in [0.1, 0.15) is 5.82 Å². The van der Waals surface area contributed by atoms with Crippen LogP contribution in [0.15, 0.2) is 35.1 Å². The second-order valence-corrected chi connectivity index (χ2v) is 4.82. The number of carbonyl (C=O) groups excluding carboxylic acids is 1. The molecule has 0 atom stereocenters. The maximum Gasteiger partial charge on any atom is 0.358 e. The molecule has 19 heavy (non-hydrogen) atoms. The Kier molecular flexibility index (Phi) is 4.34. The molecule has 0 bridgehead atoms. The van der Waals surface area contributed by atoms with Gasteiger partial charge in [-0.3, -0.25) is 4.98 Å². The Morgan fingerprint density at radius 1 is 1.42 bits per heavy atom. The molecule has 1 aromatic carbocycles. The molecule has 0 saturated heterocycles. The van der Waals surface area contributed by atoms with Crippen molar-refractivity contribution in [3.05, 3.63) is 45.8 Å². The Balaban J connectivity index is 2.28. The lowest BCUT2D eigenvalue weighted by atomic mass is 10.3. The third-order valence-electron chi connectivity index (χ3n) is 2.22. The molecule has 0 fully saturated rings. The molecule has 1 heterocycles. The minimum atomic E-state index is -0.540. The van der Waals surface area contributed by atoms with Crippen LogP contribution in [0.25, 0.3) is 0 Å². The van der Waals surface area contributed by atoms with E-state index >= 15 is 0 Å². The number of anilines is 2. The van der Waals surface area contributed by atoms with Crippen molar-refractivity contribution in [1.29, 1.82) is 0 Å². The van der Waals surface area contributed by atoms with E-state index in [1.54, 1.807) is 12.1 Å². The molecule has 0 amide bonds. The average molecular weight is 343 g/mol. The normalized spacial score (nSPS) is 10.1. The summed E-state index contributed by atoms with van der Waals surface area (Å²) in [6, 6.07) is 5.30. The maximum atomic E-state index is 11.4. The lowest BCUT2D eigenvalue weighted by Crippen LogP contribution is -2.06. The minimum absolute atomic E-state index is 0.130. The highest BCUT2D eigenvalue weighted by molar-refractivity contribution is 9.10. The van der Waals surface area contributed by atoms with Crippen LogP contribution in [0.5, 0.6) is 0 Å². The Labute approximate surface area is 123 Å². The van der Waals surface area contributed by atoms with Gasteiger partial charge in [-0.2, -0.15) is 0 Å². The summed E-state index contributed by atoms with van der Waals surface area (Å²) in [6.45, 7) is 0. The van der Waals surface area contributed by atoms with E-state index in [0.29, 0.717) is 10.8 Å². The van der Waals surface area contributed by atoms with Crippen LogP contribution in [0.2, 0.25) is 5.02 Å². The number of nitrogens with one attached hydrogen (secondary N) is 1. The zero-order valence-electron chi connectivity index (χ0n) is 9.85. The number of aromatic nitrogens is 2. The molecule has 2 aromatic rings. The van der Waals surface area contributed by atoms with Crippen LogP contribution in [-0.2, 0) is 4.74 Å². The number of hydrogen-bond donors (Lipinski definition) is 1. The zero-order chi connectivity index (χ0) is 13.8. The molecule has 0 spiro atoms. The van der Waals surface area contributed by atoms with Gasteiger partial charge >= 0.3 is 5.97 Å². The molecule has 1 aromatic heterocycles. The van der Waals surface area contributed by atoms with Gasteiger partial charge in [-0.05, 0) is 34.1 Å². The van der Waals surface area contributed by atoms with E-state index in [1.165, 1.54) is 19.5 Å². The maximum absolute atomic E-state index is 11.4. The van der Waals surface area contributed by atoms with Gasteiger partial charge in [-0.15, -0.1) is 0 Å². The van der Waals surface area contributed by atoms with Crippen LogP contribution in [0.1, 0.15) is 10.5 Å². The first-order valence-electron chi connectivity index (χ1n) is 5.22. The number of ether oxygens (including phenoxy) is 1. The monoisotopic (exact) mass is 341 g/mol. The van der Waals surface area contributed by atoms with Crippen molar-refractivity contribution in [3.63, 3.8) is 0 Å². The SMILES string of the molecule is COC(=O)c1cncc(Nc2cc(Cl)ccc2Br)n1. The molecule has 0 unspecified atom stereocenters. The molecule has 0 saturated carbocycles. The van der Waals surface area contributed by atoms with Gasteiger partial charge in [0.25, 0.3) is 0 Å². The molecule has 0 aliphatic heterocycles. The minimum Gasteiger partial charge on any atom is -0.464 e. The number of hydrogen-bond acceptors (Lipinski definition) is 5. The highest BCUT2D eigenvalue weighted by atomic mass is 79.9. The quantitative estimate of drug-likeness (QED) is 0.866. The lowest BCUT2D eigenvalue weighted by Gasteiger charge is -2.08. The predicted octanol–water partition coefficient (Wildman–Crippen LogP) is 3.42. The van der Waals surface area contributed by atoms with Gasteiger partial charge < -0.3 is 10.1 Å². The van der Waals surface area contributed by atoms with Crippen LogP contribution in [0.3, 0.4) is 0 Å². The molecular weight excluding hydrogens is 334 g/mol. The van der Waals surface area contributed by atoms with Crippen LogP contribution < -0.4 is 5.32 Å². The molecule has 0 radical (unpaired) electrons. The fourth-order valence-corrected chi connectivity index (χ4v) is 1.88. The van der Waals surface area contributed by atoms with E-state index < -0.39 is 5.97 Å². The van der Waals surface area contributed by atoms with Gasteiger partial charge in [0.2, 0.25) is 0 Å². The van der Waals surface area contributed by atoms with Crippen molar-refractivity contribution in [2.24, 2.45) is 0 Å². The number of esters is 1. The van der Waals surface area contributed by atoms with E-state index in [9.17, 15) is 4.79 Å². The Morgan fingerprint density at radius 2 is 2.21 bits per heavy atom. The fourth-order valence-electron chi connectivity index (χ4n) is 1.36. The van der Waals surface area contributed by atoms with Gasteiger partial charge in [-0.1, -0.05) is 11.6 Å². The summed E-state index contributed by atoms with van der Waals surface area (Å²) in [4.78, 5) is 19.4. The summed E-state index contributed by atoms with van der Waals surface area (Å²) in [5, 5.41) is 3.61. The zero-order valence-corrected chi connectivity index (χ0v) is 12.2. The first-order valence-corrected chi connectivity index (χ1v) is 6.39. The second kappa shape index (κ2) is 5.99. The Hall–Kier alpha value is -1.66. The van der Waals surface area contributed by atoms with Crippen molar-refractivity contribution in [2.45, 2.75) is 0 Å². The average Bonchev–Trinajstić information content (AvgIpc) is 2.42. The number of halogens is 2. The number of rotatable bonds is 3. The summed E-state index contributed by atoms with van der Waals surface area (Å²) in [5.74, 6) is -0.118. The molecular formula is C12H9BrClN3O2. The Morgan fingerprint density at radius 3 is 2.95 bits per heavy atom. The second-order valence-electron chi connectivity index (χ2n) is 3.53. The van der Waals surface area contributed by atoms with Gasteiger partial charge in [-0.25, -0.2) is 9.78 Å². The first-order chi connectivity index (χ1) is 9.10. The van der Waals surface area contributed by atoms with E-state index in [0.717, 1.165) is 10.2 Å².